The van der Waals surface area contributed by atoms with Gasteiger partial charge in [-0.3, -0.25) is 0 Å². The molecule has 1 amide bonds. The molecule has 0 fully saturated rings. The van der Waals surface area contributed by atoms with E-state index in [1.807, 2.05) is 0 Å². The lowest BCUT2D eigenvalue weighted by atomic mass is 10.0. The van der Waals surface area contributed by atoms with E-state index in [0.717, 1.165) is 0 Å². The van der Waals surface area contributed by atoms with Crippen LogP contribution in [0.25, 0.3) is 0 Å². The summed E-state index contributed by atoms with van der Waals surface area (Å²) >= 11 is 0. The van der Waals surface area contributed by atoms with E-state index < -0.39 is 27.0 Å². The molecule has 0 aromatic heterocycles. The molecule has 0 aliphatic carbocycles. The van der Waals surface area contributed by atoms with E-state index in [4.69, 9.17) is 15.6 Å². The summed E-state index contributed by atoms with van der Waals surface area (Å²) in [7, 11) is -3.75. The van der Waals surface area contributed by atoms with Gasteiger partial charge in [0.15, 0.2) is 0 Å². The first-order valence-corrected chi connectivity index (χ1v) is 5.72. The predicted octanol–water partition coefficient (Wildman–Crippen LogP) is -0.0726. The highest BCUT2D eigenvalue weighted by atomic mass is 32.2. The van der Waals surface area contributed by atoms with Gasteiger partial charge in [-0.2, -0.15) is 0 Å². The number of amides is 1. The molecule has 4 N–H and O–H groups in total. The molecule has 0 saturated heterocycles. The van der Waals surface area contributed by atoms with Crippen molar-refractivity contribution in [3.63, 3.8) is 0 Å². The lowest BCUT2D eigenvalue weighted by Gasteiger charge is -2.30. The van der Waals surface area contributed by atoms with Crippen LogP contribution in [-0.2, 0) is 14.8 Å². The standard InChI is InChI=1S/C7H16N2O4S/c1-4-5(14(9,11)12)7(2,3)13-6(8)10/h5H,4H2,1-3H3,(H2,8,10)(H2,9,11,12). The molecule has 1 atom stereocenters. The number of rotatable bonds is 4. The van der Waals surface area contributed by atoms with Crippen LogP contribution in [0.15, 0.2) is 0 Å². The molecule has 0 rings (SSSR count). The van der Waals surface area contributed by atoms with Gasteiger partial charge in [0.1, 0.15) is 10.9 Å². The SMILES string of the molecule is CCC(C(C)(C)OC(N)=O)S(N)(=O)=O. The van der Waals surface area contributed by atoms with Crippen LogP contribution < -0.4 is 10.9 Å². The summed E-state index contributed by atoms with van der Waals surface area (Å²) in [6.07, 6.45) is -0.767. The van der Waals surface area contributed by atoms with E-state index in [1.54, 1.807) is 6.92 Å². The van der Waals surface area contributed by atoms with Gasteiger partial charge in [0.25, 0.3) is 0 Å². The first-order chi connectivity index (χ1) is 6.11. The van der Waals surface area contributed by atoms with Gasteiger partial charge in [0, 0.05) is 0 Å². The second-order valence-electron chi connectivity index (χ2n) is 3.51. The van der Waals surface area contributed by atoms with Gasteiger partial charge in [-0.25, -0.2) is 18.4 Å². The van der Waals surface area contributed by atoms with Crippen molar-refractivity contribution in [1.82, 2.24) is 0 Å². The van der Waals surface area contributed by atoms with Gasteiger partial charge in [0.05, 0.1) is 0 Å². The van der Waals surface area contributed by atoms with E-state index in [2.05, 4.69) is 0 Å². The van der Waals surface area contributed by atoms with E-state index in [1.165, 1.54) is 13.8 Å². The van der Waals surface area contributed by atoms with Crippen molar-refractivity contribution in [2.24, 2.45) is 10.9 Å². The summed E-state index contributed by atoms with van der Waals surface area (Å²) in [5.74, 6) is 0. The number of hydrogen-bond donors (Lipinski definition) is 2. The average molecular weight is 224 g/mol. The van der Waals surface area contributed by atoms with Gasteiger partial charge >= 0.3 is 6.09 Å². The summed E-state index contributed by atoms with van der Waals surface area (Å²) < 4.78 is 27.0. The fourth-order valence-electron chi connectivity index (χ4n) is 1.44. The number of carbonyl (C=O) groups excluding carboxylic acids is 1. The maximum atomic E-state index is 11.1. The van der Waals surface area contributed by atoms with Crippen molar-refractivity contribution in [1.29, 1.82) is 0 Å². The minimum absolute atomic E-state index is 0.249. The first-order valence-electron chi connectivity index (χ1n) is 4.11. The summed E-state index contributed by atoms with van der Waals surface area (Å²) in [5, 5.41) is 4.04. The molecule has 0 bridgehead atoms. The Labute approximate surface area is 83.6 Å². The van der Waals surface area contributed by atoms with E-state index >= 15 is 0 Å². The topological polar surface area (TPSA) is 112 Å². The molecular weight excluding hydrogens is 208 g/mol. The summed E-state index contributed by atoms with van der Waals surface area (Å²) in [6, 6.07) is 0. The fourth-order valence-corrected chi connectivity index (χ4v) is 2.75. The van der Waals surface area contributed by atoms with Crippen LogP contribution in [0, 0.1) is 0 Å². The number of sulfonamides is 1. The van der Waals surface area contributed by atoms with Crippen LogP contribution in [0.3, 0.4) is 0 Å². The van der Waals surface area contributed by atoms with Gasteiger partial charge < -0.3 is 10.5 Å². The highest BCUT2D eigenvalue weighted by Gasteiger charge is 2.39. The van der Waals surface area contributed by atoms with Gasteiger partial charge in [-0.05, 0) is 20.3 Å². The zero-order valence-electron chi connectivity index (χ0n) is 8.48. The third kappa shape index (κ3) is 3.51. The molecule has 0 saturated carbocycles. The predicted molar refractivity (Wildman–Crippen MR) is 51.9 cm³/mol. The summed E-state index contributed by atoms with van der Waals surface area (Å²) in [5.41, 5.74) is 3.60. The Bertz CT molecular complexity index is 310. The Kier molecular flexibility index (Phi) is 3.90. The van der Waals surface area contributed by atoms with Crippen molar-refractivity contribution in [2.75, 3.05) is 0 Å². The molecule has 14 heavy (non-hydrogen) atoms. The molecule has 1 unspecified atom stereocenters. The number of ether oxygens (including phenoxy) is 1. The van der Waals surface area contributed by atoms with Crippen molar-refractivity contribution in [2.45, 2.75) is 38.0 Å². The molecule has 0 heterocycles. The Morgan fingerprint density at radius 3 is 2.14 bits per heavy atom. The monoisotopic (exact) mass is 224 g/mol. The molecule has 0 aromatic rings. The zero-order valence-corrected chi connectivity index (χ0v) is 9.30. The van der Waals surface area contributed by atoms with Gasteiger partial charge in [-0.1, -0.05) is 6.92 Å². The second-order valence-corrected chi connectivity index (χ2v) is 5.26. The van der Waals surface area contributed by atoms with E-state index in [0.29, 0.717) is 0 Å². The highest BCUT2D eigenvalue weighted by molar-refractivity contribution is 7.89. The quantitative estimate of drug-likeness (QED) is 0.695. The number of carbonyl (C=O) groups is 1. The lowest BCUT2D eigenvalue weighted by molar-refractivity contribution is 0.0413. The Hall–Kier alpha value is -0.820. The first kappa shape index (κ1) is 13.2. The number of nitrogens with two attached hydrogens (primary N) is 2. The summed E-state index contributed by atoms with van der Waals surface area (Å²) in [4.78, 5) is 10.5. The van der Waals surface area contributed by atoms with Crippen molar-refractivity contribution in [3.05, 3.63) is 0 Å². The van der Waals surface area contributed by atoms with E-state index in [-0.39, 0.29) is 6.42 Å². The van der Waals surface area contributed by atoms with Crippen LogP contribution in [0.1, 0.15) is 27.2 Å². The van der Waals surface area contributed by atoms with Crippen LogP contribution >= 0.6 is 0 Å². The molecule has 0 aliphatic heterocycles. The minimum atomic E-state index is -3.75. The molecule has 7 heteroatoms. The van der Waals surface area contributed by atoms with Gasteiger partial charge in [-0.15, -0.1) is 0 Å². The average Bonchev–Trinajstić information content (AvgIpc) is 1.79. The van der Waals surface area contributed by atoms with Crippen molar-refractivity contribution >= 4 is 16.1 Å². The fraction of sp³-hybridized carbons (Fsp3) is 0.857. The maximum absolute atomic E-state index is 11.1. The van der Waals surface area contributed by atoms with Crippen molar-refractivity contribution in [3.8, 4) is 0 Å². The smallest absolute Gasteiger partial charge is 0.405 e. The van der Waals surface area contributed by atoms with Crippen molar-refractivity contribution < 1.29 is 17.9 Å². The lowest BCUT2D eigenvalue weighted by Crippen LogP contribution is -2.48. The highest BCUT2D eigenvalue weighted by Crippen LogP contribution is 2.22. The third-order valence-electron chi connectivity index (χ3n) is 1.91. The van der Waals surface area contributed by atoms with Crippen LogP contribution in [0.4, 0.5) is 4.79 Å². The third-order valence-corrected chi connectivity index (χ3v) is 3.60. The molecule has 84 valence electrons. The summed E-state index contributed by atoms with van der Waals surface area (Å²) in [6.45, 7) is 4.55. The van der Waals surface area contributed by atoms with Crippen LogP contribution in [-0.4, -0.2) is 25.4 Å². The van der Waals surface area contributed by atoms with Gasteiger partial charge in [0.2, 0.25) is 10.0 Å². The second kappa shape index (κ2) is 4.14. The van der Waals surface area contributed by atoms with Crippen LogP contribution in [0.5, 0.6) is 0 Å². The van der Waals surface area contributed by atoms with Crippen LogP contribution in [0.2, 0.25) is 0 Å². The molecule has 0 aliphatic rings. The molecule has 0 radical (unpaired) electrons. The number of primary sulfonamides is 1. The molecule has 0 aromatic carbocycles. The largest absolute Gasteiger partial charge is 0.442 e. The molecular formula is C7H16N2O4S. The minimum Gasteiger partial charge on any atom is -0.442 e. The molecule has 6 nitrogen and oxygen atoms in total. The zero-order chi connectivity index (χ0) is 11.6. The normalized spacial score (nSPS) is 14.9. The number of primary amides is 1. The Morgan fingerprint density at radius 2 is 1.93 bits per heavy atom. The number of hydrogen-bond acceptors (Lipinski definition) is 4. The Morgan fingerprint density at radius 1 is 1.50 bits per heavy atom. The Balaban J connectivity index is 4.93. The van der Waals surface area contributed by atoms with E-state index in [9.17, 15) is 13.2 Å². The maximum Gasteiger partial charge on any atom is 0.405 e. The molecule has 0 spiro atoms.